The van der Waals surface area contributed by atoms with Crippen LogP contribution in [0.3, 0.4) is 0 Å². The maximum atomic E-state index is 12.5. The second-order valence-corrected chi connectivity index (χ2v) is 5.95. The van der Waals surface area contributed by atoms with E-state index in [1.54, 1.807) is 48.5 Å². The largest absolute Gasteiger partial charge is 0.494 e. The van der Waals surface area contributed by atoms with Crippen LogP contribution in [-0.4, -0.2) is 26.2 Å². The summed E-state index contributed by atoms with van der Waals surface area (Å²) in [5.74, 6) is -0.614. The number of carbonyl (C=O) groups excluding carboxylic acids is 1. The lowest BCUT2D eigenvalue weighted by Crippen LogP contribution is -2.38. The van der Waals surface area contributed by atoms with Crippen LogP contribution in [-0.2, 0) is 14.1 Å². The minimum Gasteiger partial charge on any atom is -0.494 e. The molecule has 0 aliphatic heterocycles. The Hall–Kier alpha value is -3.74. The van der Waals surface area contributed by atoms with Gasteiger partial charge in [-0.2, -0.15) is 0 Å². The van der Waals surface area contributed by atoms with E-state index in [1.165, 1.54) is 20.3 Å². The van der Waals surface area contributed by atoms with Gasteiger partial charge >= 0.3 is 5.69 Å². The van der Waals surface area contributed by atoms with Gasteiger partial charge in [0.15, 0.2) is 5.78 Å². The number of aliphatic imine (C=N–C) groups is 1. The molecule has 1 N–H and O–H groups in total. The molecule has 7 heteroatoms. The average molecular weight is 363 g/mol. The number of aromatic nitrogens is 2. The lowest BCUT2D eigenvalue weighted by molar-refractivity contribution is 0.103. The highest BCUT2D eigenvalue weighted by Crippen LogP contribution is 2.18. The molecule has 3 rings (SSSR count). The summed E-state index contributed by atoms with van der Waals surface area (Å²) in [5, 5.41) is 10.1. The first-order chi connectivity index (χ1) is 12.9. The fourth-order valence-electron chi connectivity index (χ4n) is 2.60. The quantitative estimate of drug-likeness (QED) is 0.565. The maximum Gasteiger partial charge on any atom is 0.333 e. The first-order valence-corrected chi connectivity index (χ1v) is 8.13. The molecule has 0 saturated heterocycles. The molecule has 0 saturated carbocycles. The van der Waals surface area contributed by atoms with Crippen molar-refractivity contribution in [3.63, 3.8) is 0 Å². The predicted octanol–water partition coefficient (Wildman–Crippen LogP) is 1.77. The van der Waals surface area contributed by atoms with E-state index in [-0.39, 0.29) is 11.3 Å². The van der Waals surface area contributed by atoms with Gasteiger partial charge in [0.25, 0.3) is 5.56 Å². The third-order valence-electron chi connectivity index (χ3n) is 4.15. The number of benzene rings is 2. The van der Waals surface area contributed by atoms with Gasteiger partial charge in [-0.15, -0.1) is 0 Å². The summed E-state index contributed by atoms with van der Waals surface area (Å²) >= 11 is 0. The van der Waals surface area contributed by atoms with Crippen molar-refractivity contribution in [3.05, 3.63) is 92.1 Å². The molecule has 0 amide bonds. The van der Waals surface area contributed by atoms with E-state index in [0.29, 0.717) is 16.8 Å². The molecule has 3 aromatic rings. The number of hydrogen-bond acceptors (Lipinski definition) is 5. The normalized spacial score (nSPS) is 11.0. The van der Waals surface area contributed by atoms with Gasteiger partial charge in [-0.3, -0.25) is 23.7 Å². The summed E-state index contributed by atoms with van der Waals surface area (Å²) in [6, 6.07) is 15.5. The maximum absolute atomic E-state index is 12.5. The van der Waals surface area contributed by atoms with E-state index in [4.69, 9.17) is 0 Å². The van der Waals surface area contributed by atoms with Crippen molar-refractivity contribution in [1.82, 2.24) is 9.13 Å². The Morgan fingerprint density at radius 1 is 0.963 bits per heavy atom. The molecule has 0 unspecified atom stereocenters. The van der Waals surface area contributed by atoms with Crippen LogP contribution in [0.1, 0.15) is 21.5 Å². The second kappa shape index (κ2) is 7.25. The lowest BCUT2D eigenvalue weighted by atomic mass is 10.0. The molecule has 27 heavy (non-hydrogen) atoms. The molecule has 7 nitrogen and oxygen atoms in total. The Kier molecular flexibility index (Phi) is 4.85. The third-order valence-corrected chi connectivity index (χ3v) is 4.15. The third kappa shape index (κ3) is 3.48. The molecule has 0 aliphatic rings. The fourth-order valence-corrected chi connectivity index (χ4v) is 2.60. The van der Waals surface area contributed by atoms with Crippen LogP contribution in [0.5, 0.6) is 5.88 Å². The van der Waals surface area contributed by atoms with Gasteiger partial charge < -0.3 is 5.11 Å². The SMILES string of the molecule is Cn1c(O)c(C=Nc2cccc(C(=O)c3ccccc3)c2)c(=O)n(C)c1=O. The van der Waals surface area contributed by atoms with E-state index in [2.05, 4.69) is 4.99 Å². The van der Waals surface area contributed by atoms with Crippen molar-refractivity contribution in [2.75, 3.05) is 0 Å². The number of hydrogen-bond donors (Lipinski definition) is 1. The Labute approximate surface area is 154 Å². The summed E-state index contributed by atoms with van der Waals surface area (Å²) in [6.07, 6.45) is 1.18. The molecule has 2 aromatic carbocycles. The summed E-state index contributed by atoms with van der Waals surface area (Å²) in [4.78, 5) is 40.7. The number of ketones is 1. The zero-order valence-electron chi connectivity index (χ0n) is 14.8. The van der Waals surface area contributed by atoms with Crippen LogP contribution >= 0.6 is 0 Å². The molecular weight excluding hydrogens is 346 g/mol. The molecule has 1 heterocycles. The van der Waals surface area contributed by atoms with Crippen LogP contribution in [0.15, 0.2) is 69.2 Å². The topological polar surface area (TPSA) is 93.7 Å². The molecule has 0 bridgehead atoms. The average Bonchev–Trinajstić information content (AvgIpc) is 2.71. The highest BCUT2D eigenvalue weighted by atomic mass is 16.3. The first-order valence-electron chi connectivity index (χ1n) is 8.13. The number of aromatic hydroxyl groups is 1. The van der Waals surface area contributed by atoms with E-state index in [9.17, 15) is 19.5 Å². The Balaban J connectivity index is 1.98. The zero-order valence-corrected chi connectivity index (χ0v) is 14.8. The molecule has 1 aromatic heterocycles. The molecule has 0 spiro atoms. The van der Waals surface area contributed by atoms with Crippen LogP contribution in [0.2, 0.25) is 0 Å². The minimum atomic E-state index is -0.657. The Morgan fingerprint density at radius 3 is 2.33 bits per heavy atom. The molecule has 0 atom stereocenters. The smallest absolute Gasteiger partial charge is 0.333 e. The zero-order chi connectivity index (χ0) is 19.6. The van der Waals surface area contributed by atoms with Crippen LogP contribution in [0, 0.1) is 0 Å². The van der Waals surface area contributed by atoms with E-state index in [0.717, 1.165) is 9.13 Å². The number of rotatable bonds is 4. The molecular formula is C20H17N3O4. The fraction of sp³-hybridized carbons (Fsp3) is 0.100. The van der Waals surface area contributed by atoms with Gasteiger partial charge in [0.1, 0.15) is 5.56 Å². The van der Waals surface area contributed by atoms with E-state index >= 15 is 0 Å². The van der Waals surface area contributed by atoms with Gasteiger partial charge in [-0.05, 0) is 12.1 Å². The van der Waals surface area contributed by atoms with Crippen molar-refractivity contribution < 1.29 is 9.90 Å². The van der Waals surface area contributed by atoms with Gasteiger partial charge in [0.05, 0.1) is 5.69 Å². The Morgan fingerprint density at radius 2 is 1.63 bits per heavy atom. The van der Waals surface area contributed by atoms with Crippen LogP contribution in [0.4, 0.5) is 5.69 Å². The van der Waals surface area contributed by atoms with Crippen molar-refractivity contribution in [2.24, 2.45) is 19.1 Å². The first kappa shape index (κ1) is 18.1. The standard InChI is InChI=1S/C20H17N3O4/c1-22-18(25)16(19(26)23(2)20(22)27)12-21-15-10-6-9-14(11-15)17(24)13-7-4-3-5-8-13/h3-12,25H,1-2H3. The molecule has 136 valence electrons. The summed E-state index contributed by atoms with van der Waals surface area (Å²) in [6.45, 7) is 0. The van der Waals surface area contributed by atoms with E-state index < -0.39 is 17.1 Å². The van der Waals surface area contributed by atoms with Crippen LogP contribution < -0.4 is 11.2 Å². The van der Waals surface area contributed by atoms with Crippen molar-refractivity contribution in [3.8, 4) is 5.88 Å². The van der Waals surface area contributed by atoms with E-state index in [1.807, 2.05) is 6.07 Å². The Bertz CT molecular complexity index is 1160. The number of nitrogens with zero attached hydrogens (tertiary/aromatic N) is 3. The van der Waals surface area contributed by atoms with Gasteiger partial charge in [-0.1, -0.05) is 42.5 Å². The highest BCUT2D eigenvalue weighted by Gasteiger charge is 2.13. The van der Waals surface area contributed by atoms with Gasteiger partial charge in [0.2, 0.25) is 5.88 Å². The molecule has 0 radical (unpaired) electrons. The van der Waals surface area contributed by atoms with Gasteiger partial charge in [0, 0.05) is 31.4 Å². The van der Waals surface area contributed by atoms with Crippen LogP contribution in [0.25, 0.3) is 0 Å². The lowest BCUT2D eigenvalue weighted by Gasteiger charge is -2.07. The summed E-state index contributed by atoms with van der Waals surface area (Å²) in [7, 11) is 2.67. The second-order valence-electron chi connectivity index (χ2n) is 5.95. The molecule has 0 fully saturated rings. The monoisotopic (exact) mass is 363 g/mol. The highest BCUT2D eigenvalue weighted by molar-refractivity contribution is 6.09. The van der Waals surface area contributed by atoms with Crippen molar-refractivity contribution in [2.45, 2.75) is 0 Å². The minimum absolute atomic E-state index is 0.112. The summed E-state index contributed by atoms with van der Waals surface area (Å²) < 4.78 is 1.84. The summed E-state index contributed by atoms with van der Waals surface area (Å²) in [5.41, 5.74) is 0.0455. The van der Waals surface area contributed by atoms with Crippen molar-refractivity contribution >= 4 is 17.7 Å². The predicted molar refractivity (Wildman–Crippen MR) is 102 cm³/mol. The van der Waals surface area contributed by atoms with Crippen molar-refractivity contribution in [1.29, 1.82) is 0 Å². The van der Waals surface area contributed by atoms with Gasteiger partial charge in [-0.25, -0.2) is 4.79 Å². The number of carbonyl (C=O) groups is 1. The molecule has 0 aliphatic carbocycles.